The van der Waals surface area contributed by atoms with Crippen molar-refractivity contribution in [3.05, 3.63) is 301 Å². The minimum Gasteiger partial charge on any atom is -1.00 e. The second kappa shape index (κ2) is 26.1. The van der Waals surface area contributed by atoms with E-state index in [0.29, 0.717) is 0 Å². The average molecular weight is 991 g/mol. The third kappa shape index (κ3) is 13.7. The zero-order chi connectivity index (χ0) is 42.0. The number of halogens is 1. The summed E-state index contributed by atoms with van der Waals surface area (Å²) in [6.45, 7) is 0. The summed E-state index contributed by atoms with van der Waals surface area (Å²) in [5.74, 6) is 4.10. The molecule has 0 N–H and O–H groups in total. The van der Waals surface area contributed by atoms with Gasteiger partial charge in [-0.1, -0.05) is 275 Å². The number of hydrogen-bond acceptors (Lipinski definition) is 0. The van der Waals surface area contributed by atoms with Crippen molar-refractivity contribution in [1.82, 2.24) is 0 Å². The normalized spacial score (nSPS) is 11.0. The van der Waals surface area contributed by atoms with E-state index in [1.165, 1.54) is 59.9 Å². The zero-order valence-corrected chi connectivity index (χ0v) is 40.8. The molecule has 1 radical (unpaired) electrons. The summed E-state index contributed by atoms with van der Waals surface area (Å²) in [4.78, 5) is 0. The molecule has 0 aliphatic carbocycles. The molecule has 9 rings (SSSR count). The minimum atomic E-state index is -0.840. The van der Waals surface area contributed by atoms with Crippen molar-refractivity contribution in [3.63, 3.8) is 0 Å². The van der Waals surface area contributed by atoms with Gasteiger partial charge in [0.2, 0.25) is 0 Å². The van der Waals surface area contributed by atoms with Crippen molar-refractivity contribution in [3.8, 4) is 0 Å². The Bertz CT molecular complexity index is 2570. The number of rotatable bonds is 14. The molecule has 0 spiro atoms. The van der Waals surface area contributed by atoms with Crippen LogP contribution in [-0.4, -0.2) is 0 Å². The van der Waals surface area contributed by atoms with Crippen LogP contribution >= 0.6 is 23.8 Å². The summed E-state index contributed by atoms with van der Waals surface area (Å²) < 4.78 is 0. The van der Waals surface area contributed by atoms with Gasteiger partial charge in [-0.25, -0.2) is 0 Å². The summed E-state index contributed by atoms with van der Waals surface area (Å²) in [5.41, 5.74) is 7.86. The van der Waals surface area contributed by atoms with Crippen molar-refractivity contribution in [2.24, 2.45) is 0 Å². The zero-order valence-electron chi connectivity index (χ0n) is 35.6. The van der Waals surface area contributed by atoms with Crippen molar-refractivity contribution in [1.29, 1.82) is 0 Å². The van der Waals surface area contributed by atoms with Crippen LogP contribution in [0.25, 0.3) is 5.57 Å². The van der Waals surface area contributed by atoms with E-state index < -0.39 is 15.8 Å². The predicted octanol–water partition coefficient (Wildman–Crippen LogP) is 10.8. The molecule has 0 nitrogen and oxygen atoms in total. The summed E-state index contributed by atoms with van der Waals surface area (Å²) in [6, 6.07) is 96.1. The second-order valence-electron chi connectivity index (χ2n) is 14.9. The molecular weight excluding hydrogens is 940 g/mol. The van der Waals surface area contributed by atoms with Gasteiger partial charge in [0.05, 0.1) is 0 Å². The minimum absolute atomic E-state index is 0. The maximum Gasteiger partial charge on any atom is 2.00 e. The maximum absolute atomic E-state index is 4.10. The smallest absolute Gasteiger partial charge is 1.00 e. The van der Waals surface area contributed by atoms with Crippen LogP contribution in [0.4, 0.5) is 0 Å². The van der Waals surface area contributed by atoms with Crippen LogP contribution in [0.15, 0.2) is 267 Å². The molecule has 0 aliphatic rings. The van der Waals surface area contributed by atoms with Gasteiger partial charge in [0, 0.05) is 12.0 Å². The van der Waals surface area contributed by atoms with Crippen molar-refractivity contribution < 1.29 is 33.5 Å². The molecule has 0 atom stereocenters. The van der Waals surface area contributed by atoms with Gasteiger partial charge in [0.25, 0.3) is 0 Å². The Morgan fingerprint density at radius 1 is 0.328 bits per heavy atom. The molecule has 64 heavy (non-hydrogen) atoms. The Labute approximate surface area is 405 Å². The first-order chi connectivity index (χ1) is 30.8. The van der Waals surface area contributed by atoms with Crippen molar-refractivity contribution in [2.75, 3.05) is 0 Å². The van der Waals surface area contributed by atoms with Crippen LogP contribution < -0.4 is 43.5 Å². The monoisotopic (exact) mass is 988 g/mol. The first-order valence-corrected chi connectivity index (χ1v) is 25.8. The Morgan fingerprint density at radius 2 is 0.656 bits per heavy atom. The fraction of sp³-hybridized carbons (Fsp3) is 0.0508. The van der Waals surface area contributed by atoms with Gasteiger partial charge in [-0.2, -0.15) is 0 Å². The molecule has 9 aromatic rings. The second-order valence-corrected chi connectivity index (χ2v) is 21.3. The van der Waals surface area contributed by atoms with E-state index in [4.69, 9.17) is 0 Å². The molecule has 0 unspecified atom stereocenters. The van der Waals surface area contributed by atoms with Gasteiger partial charge >= 0.3 is 16.5 Å². The van der Waals surface area contributed by atoms with Crippen LogP contribution in [0.1, 0.15) is 27.8 Å². The first-order valence-electron chi connectivity index (χ1n) is 21.2. The van der Waals surface area contributed by atoms with E-state index in [1.54, 1.807) is 0 Å². The van der Waals surface area contributed by atoms with Gasteiger partial charge in [-0.15, -0.1) is 0 Å². The number of benzene rings is 9. The Morgan fingerprint density at radius 3 is 1.08 bits per heavy atom. The molecule has 317 valence electrons. The maximum atomic E-state index is 4.10. The van der Waals surface area contributed by atoms with E-state index in [9.17, 15) is 0 Å². The molecule has 0 aromatic heterocycles. The van der Waals surface area contributed by atoms with Crippen molar-refractivity contribution in [2.45, 2.75) is 18.5 Å². The average Bonchev–Trinajstić information content (AvgIpc) is 3.36. The van der Waals surface area contributed by atoms with E-state index in [-0.39, 0.29) is 41.4 Å². The summed E-state index contributed by atoms with van der Waals surface area (Å²) in [6.07, 6.45) is 3.26. The van der Waals surface area contributed by atoms with Crippen LogP contribution in [-0.2, 0) is 35.0 Å². The summed E-state index contributed by atoms with van der Waals surface area (Å²) in [5, 5.41) is 6.88. The number of hydrogen-bond donors (Lipinski definition) is 0. The van der Waals surface area contributed by atoms with Crippen LogP contribution in [0, 0.1) is 5.82 Å². The van der Waals surface area contributed by atoms with E-state index in [0.717, 1.165) is 18.5 Å². The predicted molar refractivity (Wildman–Crippen MR) is 274 cm³/mol. The topological polar surface area (TPSA) is 0 Å². The van der Waals surface area contributed by atoms with Crippen LogP contribution in [0.2, 0.25) is 0 Å². The molecule has 0 bridgehead atoms. The molecule has 0 saturated heterocycles. The molecular formula is C59H50BrNiP3+. The largest absolute Gasteiger partial charge is 2.00 e. The van der Waals surface area contributed by atoms with Gasteiger partial charge in [-0.3, -0.25) is 0 Å². The summed E-state index contributed by atoms with van der Waals surface area (Å²) in [7, 11) is -1.63. The molecule has 0 amide bonds. The molecule has 0 saturated carbocycles. The fourth-order valence-corrected chi connectivity index (χ4v) is 14.2. The van der Waals surface area contributed by atoms with Gasteiger partial charge in [-0.05, 0) is 88.1 Å². The van der Waals surface area contributed by atoms with Gasteiger partial charge in [0.1, 0.15) is 0 Å². The van der Waals surface area contributed by atoms with E-state index >= 15 is 0 Å². The van der Waals surface area contributed by atoms with E-state index in [1.807, 2.05) is 0 Å². The first kappa shape index (κ1) is 48.4. The Balaban J connectivity index is 0.000000250. The van der Waals surface area contributed by atoms with Gasteiger partial charge in [0.15, 0.2) is 0 Å². The third-order valence-corrected chi connectivity index (χ3v) is 17.7. The molecule has 9 aromatic carbocycles. The van der Waals surface area contributed by atoms with Crippen LogP contribution in [0.5, 0.6) is 0 Å². The van der Waals surface area contributed by atoms with Gasteiger partial charge < -0.3 is 17.0 Å². The molecule has 0 aliphatic heterocycles. The SMILES string of the molecule is [Br-].[C](=C(c1ccccc1)c1ccccc1CP(c1ccccc1)c1ccccc1)P(c1ccccc1)c1ccccc1.[Ni+2].c1ccc(CP(Cc2ccccc2)c2ccccc2)cc1. The van der Waals surface area contributed by atoms with E-state index in [2.05, 4.69) is 273 Å². The Kier molecular flexibility index (Phi) is 19.7. The molecule has 0 heterocycles. The Hall–Kier alpha value is -5.02. The molecule has 5 heteroatoms. The quantitative estimate of drug-likeness (QED) is 0.0752. The summed E-state index contributed by atoms with van der Waals surface area (Å²) >= 11 is 0. The van der Waals surface area contributed by atoms with Crippen molar-refractivity contribution >= 4 is 55.9 Å². The molecule has 0 fully saturated rings. The van der Waals surface area contributed by atoms with Crippen LogP contribution in [0.3, 0.4) is 0 Å². The fourth-order valence-electron chi connectivity index (χ4n) is 7.53. The third-order valence-electron chi connectivity index (χ3n) is 10.6. The standard InChI is InChI=1S/C39H31P2.C20H19P.BrH.Ni/c1-6-18-32(19-7-1)39(31-41(36-25-12-4-13-26-36)37-27-14-5-15-28-37)38-29-17-16-20-33(38)30-40(34-21-8-2-9-22-34)35-23-10-3-11-24-35;1-4-10-18(11-5-1)16-21(20-14-8-3-9-15-20)17-19-12-6-2-7-13-19;;/h1-29H,30H2;1-15H,16-17H2;1H;/q;;;+2/p-1.